The third kappa shape index (κ3) is 1.90. The van der Waals surface area contributed by atoms with Gasteiger partial charge in [0, 0.05) is 22.2 Å². The van der Waals surface area contributed by atoms with Gasteiger partial charge in [0.2, 0.25) is 0 Å². The van der Waals surface area contributed by atoms with Crippen LogP contribution < -0.4 is 0 Å². The maximum atomic E-state index is 6.27. The van der Waals surface area contributed by atoms with Crippen LogP contribution in [-0.4, -0.2) is 4.98 Å². The number of aromatic nitrogens is 1. The van der Waals surface area contributed by atoms with E-state index in [2.05, 4.69) is 25.8 Å². The molecule has 0 spiro atoms. The molecule has 0 aliphatic rings. The summed E-state index contributed by atoms with van der Waals surface area (Å²) in [5, 5.41) is 2.29. The fourth-order valence-corrected chi connectivity index (χ4v) is 2.68. The van der Waals surface area contributed by atoms with Gasteiger partial charge in [0.1, 0.15) is 0 Å². The number of hydrogen-bond donors (Lipinski definition) is 0. The van der Waals surface area contributed by atoms with Crippen molar-refractivity contribution in [1.29, 1.82) is 0 Å². The van der Waals surface area contributed by atoms with Crippen molar-refractivity contribution in [3.63, 3.8) is 0 Å². The van der Waals surface area contributed by atoms with Gasteiger partial charge in [-0.3, -0.25) is 4.98 Å². The Hall–Kier alpha value is -0.790. The van der Waals surface area contributed by atoms with Crippen molar-refractivity contribution in [3.05, 3.63) is 40.0 Å². The summed E-state index contributed by atoms with van der Waals surface area (Å²) in [7, 11) is 0. The molecule has 0 amide bonds. The summed E-state index contributed by atoms with van der Waals surface area (Å²) in [6, 6.07) is 5.65. The van der Waals surface area contributed by atoms with Crippen LogP contribution in [0.2, 0.25) is 10.0 Å². The van der Waals surface area contributed by atoms with Crippen molar-refractivity contribution in [1.82, 2.24) is 4.98 Å². The van der Waals surface area contributed by atoms with Gasteiger partial charge in [-0.05, 0) is 23.6 Å². The van der Waals surface area contributed by atoms with Crippen LogP contribution in [0, 0.1) is 0 Å². The predicted octanol–water partition coefficient (Wildman–Crippen LogP) is 4.84. The van der Waals surface area contributed by atoms with Crippen molar-refractivity contribution >= 4 is 34.1 Å². The quantitative estimate of drug-likeness (QED) is 0.655. The van der Waals surface area contributed by atoms with Crippen LogP contribution in [0.4, 0.5) is 0 Å². The van der Waals surface area contributed by atoms with Gasteiger partial charge < -0.3 is 0 Å². The smallest absolute Gasteiger partial charge is 0.0769 e. The molecular formula is C13H13Cl2N. The van der Waals surface area contributed by atoms with Crippen LogP contribution in [0.3, 0.4) is 0 Å². The van der Waals surface area contributed by atoms with Crippen LogP contribution in [0.1, 0.15) is 26.3 Å². The van der Waals surface area contributed by atoms with E-state index in [0.29, 0.717) is 10.0 Å². The van der Waals surface area contributed by atoms with Gasteiger partial charge in [0.15, 0.2) is 0 Å². The summed E-state index contributed by atoms with van der Waals surface area (Å²) in [5.41, 5.74) is 1.90. The summed E-state index contributed by atoms with van der Waals surface area (Å²) in [5.74, 6) is 0. The molecule has 0 aliphatic carbocycles. The van der Waals surface area contributed by atoms with Crippen LogP contribution in [0.5, 0.6) is 0 Å². The maximum Gasteiger partial charge on any atom is 0.0769 e. The number of hydrogen-bond acceptors (Lipinski definition) is 1. The molecule has 0 bridgehead atoms. The molecule has 16 heavy (non-hydrogen) atoms. The lowest BCUT2D eigenvalue weighted by atomic mass is 9.85. The highest BCUT2D eigenvalue weighted by Crippen LogP contribution is 2.38. The fraction of sp³-hybridized carbons (Fsp3) is 0.308. The van der Waals surface area contributed by atoms with Crippen molar-refractivity contribution in [3.8, 4) is 0 Å². The molecule has 0 radical (unpaired) electrons. The second-order valence-corrected chi connectivity index (χ2v) is 5.68. The first-order valence-corrected chi connectivity index (χ1v) is 5.90. The molecule has 0 saturated heterocycles. The second kappa shape index (κ2) is 3.90. The average molecular weight is 254 g/mol. The zero-order valence-corrected chi connectivity index (χ0v) is 11.0. The van der Waals surface area contributed by atoms with E-state index in [1.807, 2.05) is 12.1 Å². The van der Waals surface area contributed by atoms with Crippen LogP contribution in [0.25, 0.3) is 10.9 Å². The maximum absolute atomic E-state index is 6.27. The largest absolute Gasteiger partial charge is 0.256 e. The fourth-order valence-electron chi connectivity index (χ4n) is 1.88. The number of fused-ring (bicyclic) bond motifs is 1. The number of nitrogens with zero attached hydrogens (tertiary/aromatic N) is 1. The topological polar surface area (TPSA) is 12.9 Å². The molecule has 84 valence electrons. The van der Waals surface area contributed by atoms with E-state index in [0.717, 1.165) is 16.5 Å². The first-order chi connectivity index (χ1) is 7.41. The molecule has 1 nitrogen and oxygen atoms in total. The van der Waals surface area contributed by atoms with E-state index in [-0.39, 0.29) is 5.41 Å². The van der Waals surface area contributed by atoms with Gasteiger partial charge in [-0.15, -0.1) is 0 Å². The molecule has 1 heterocycles. The summed E-state index contributed by atoms with van der Waals surface area (Å²) >= 11 is 12.4. The van der Waals surface area contributed by atoms with E-state index in [4.69, 9.17) is 23.2 Å². The van der Waals surface area contributed by atoms with Crippen LogP contribution in [-0.2, 0) is 5.41 Å². The highest BCUT2D eigenvalue weighted by Gasteiger charge is 2.22. The molecule has 1 aromatic carbocycles. The third-order valence-electron chi connectivity index (χ3n) is 2.54. The SMILES string of the molecule is CC(C)(C)c1c(Cl)cc(Cl)c2cccnc12. The lowest BCUT2D eigenvalue weighted by Gasteiger charge is -2.22. The molecule has 0 atom stereocenters. The molecular weight excluding hydrogens is 241 g/mol. The summed E-state index contributed by atoms with van der Waals surface area (Å²) < 4.78 is 0. The summed E-state index contributed by atoms with van der Waals surface area (Å²) in [6.07, 6.45) is 1.77. The van der Waals surface area contributed by atoms with E-state index < -0.39 is 0 Å². The Morgan fingerprint density at radius 1 is 1.12 bits per heavy atom. The molecule has 0 saturated carbocycles. The molecule has 0 N–H and O–H groups in total. The van der Waals surface area contributed by atoms with E-state index >= 15 is 0 Å². The van der Waals surface area contributed by atoms with Crippen molar-refractivity contribution in [2.75, 3.05) is 0 Å². The number of pyridine rings is 1. The average Bonchev–Trinajstić information content (AvgIpc) is 2.15. The monoisotopic (exact) mass is 253 g/mol. The number of benzene rings is 1. The van der Waals surface area contributed by atoms with Crippen LogP contribution >= 0.6 is 23.2 Å². The van der Waals surface area contributed by atoms with E-state index in [1.54, 1.807) is 12.3 Å². The molecule has 0 aliphatic heterocycles. The Balaban J connectivity index is 2.93. The Bertz CT molecular complexity index is 541. The first kappa shape index (κ1) is 11.7. The highest BCUT2D eigenvalue weighted by molar-refractivity contribution is 6.39. The minimum absolute atomic E-state index is 0.0473. The highest BCUT2D eigenvalue weighted by atomic mass is 35.5. The third-order valence-corrected chi connectivity index (χ3v) is 3.15. The minimum Gasteiger partial charge on any atom is -0.256 e. The molecule has 1 aromatic heterocycles. The Labute approximate surface area is 105 Å². The van der Waals surface area contributed by atoms with E-state index in [1.165, 1.54) is 0 Å². The van der Waals surface area contributed by atoms with Gasteiger partial charge in [-0.25, -0.2) is 0 Å². The Morgan fingerprint density at radius 2 is 1.81 bits per heavy atom. The van der Waals surface area contributed by atoms with Gasteiger partial charge in [-0.2, -0.15) is 0 Å². The Morgan fingerprint density at radius 3 is 2.44 bits per heavy atom. The molecule has 3 heteroatoms. The normalized spacial score (nSPS) is 12.1. The zero-order valence-electron chi connectivity index (χ0n) is 9.51. The lowest BCUT2D eigenvalue weighted by Crippen LogP contribution is -2.13. The Kier molecular flexibility index (Phi) is 2.85. The predicted molar refractivity (Wildman–Crippen MR) is 70.5 cm³/mol. The lowest BCUT2D eigenvalue weighted by molar-refractivity contribution is 0.595. The summed E-state index contributed by atoms with van der Waals surface area (Å²) in [4.78, 5) is 4.40. The van der Waals surface area contributed by atoms with Crippen LogP contribution in [0.15, 0.2) is 24.4 Å². The zero-order chi connectivity index (χ0) is 11.9. The van der Waals surface area contributed by atoms with Gasteiger partial charge in [0.05, 0.1) is 10.5 Å². The van der Waals surface area contributed by atoms with Crippen molar-refractivity contribution in [2.45, 2.75) is 26.2 Å². The number of halogens is 2. The van der Waals surface area contributed by atoms with Crippen molar-refractivity contribution < 1.29 is 0 Å². The molecule has 0 unspecified atom stereocenters. The second-order valence-electron chi connectivity index (χ2n) is 4.86. The first-order valence-electron chi connectivity index (χ1n) is 5.14. The van der Waals surface area contributed by atoms with Gasteiger partial charge >= 0.3 is 0 Å². The molecule has 2 rings (SSSR count). The van der Waals surface area contributed by atoms with E-state index in [9.17, 15) is 0 Å². The summed E-state index contributed by atoms with van der Waals surface area (Å²) in [6.45, 7) is 6.36. The molecule has 0 fully saturated rings. The molecule has 2 aromatic rings. The minimum atomic E-state index is -0.0473. The van der Waals surface area contributed by atoms with Gasteiger partial charge in [0.25, 0.3) is 0 Å². The number of rotatable bonds is 0. The van der Waals surface area contributed by atoms with Crippen molar-refractivity contribution in [2.24, 2.45) is 0 Å². The van der Waals surface area contributed by atoms with Gasteiger partial charge in [-0.1, -0.05) is 44.0 Å². The standard InChI is InChI=1S/C13H13Cl2N/c1-13(2,3)11-10(15)7-9(14)8-5-4-6-16-12(8)11/h4-7H,1-3H3.